The van der Waals surface area contributed by atoms with E-state index in [0.717, 1.165) is 42.6 Å². The molecule has 1 fully saturated rings. The lowest BCUT2D eigenvalue weighted by atomic mass is 10.1. The summed E-state index contributed by atoms with van der Waals surface area (Å²) in [6.07, 6.45) is 2.22. The number of carbonyl (C=O) groups is 1. The minimum atomic E-state index is 0.180. The Morgan fingerprint density at radius 1 is 1.33 bits per heavy atom. The molecule has 1 amide bonds. The molecule has 1 aliphatic heterocycles. The molecule has 1 N–H and O–H groups in total. The van der Waals surface area contributed by atoms with Gasteiger partial charge in [-0.2, -0.15) is 0 Å². The largest absolute Gasteiger partial charge is 0.334 e. The molecule has 0 radical (unpaired) electrons. The van der Waals surface area contributed by atoms with Crippen LogP contribution in [0.25, 0.3) is 0 Å². The molecule has 0 bridgehead atoms. The van der Waals surface area contributed by atoms with Crippen molar-refractivity contribution >= 4 is 5.91 Å². The highest BCUT2D eigenvalue weighted by molar-refractivity contribution is 5.95. The Labute approximate surface area is 109 Å². The number of rotatable bonds is 3. The Balaban J connectivity index is 2.19. The third kappa shape index (κ3) is 2.72. The summed E-state index contributed by atoms with van der Waals surface area (Å²) in [5.74, 6) is 0.180. The number of hydrogen-bond acceptors (Lipinski definition) is 2. The van der Waals surface area contributed by atoms with Gasteiger partial charge >= 0.3 is 0 Å². The Kier molecular flexibility index (Phi) is 4.02. The molecule has 3 nitrogen and oxygen atoms in total. The van der Waals surface area contributed by atoms with E-state index < -0.39 is 0 Å². The van der Waals surface area contributed by atoms with E-state index in [1.165, 1.54) is 0 Å². The van der Waals surface area contributed by atoms with Crippen molar-refractivity contribution in [3.63, 3.8) is 0 Å². The second kappa shape index (κ2) is 5.53. The summed E-state index contributed by atoms with van der Waals surface area (Å²) in [4.78, 5) is 14.6. The van der Waals surface area contributed by atoms with Crippen LogP contribution in [0.15, 0.2) is 18.2 Å². The zero-order valence-corrected chi connectivity index (χ0v) is 11.5. The number of nitrogens with one attached hydrogen (secondary N) is 1. The molecule has 3 heteroatoms. The smallest absolute Gasteiger partial charge is 0.254 e. The maximum Gasteiger partial charge on any atom is 0.254 e. The number of likely N-dealkylation sites (tertiary alicyclic amines) is 1. The Morgan fingerprint density at radius 3 is 2.61 bits per heavy atom. The zero-order chi connectivity index (χ0) is 13.1. The summed E-state index contributed by atoms with van der Waals surface area (Å²) in [5, 5.41) is 3.17. The molecular weight excluding hydrogens is 224 g/mol. The number of hydrogen-bond donors (Lipinski definition) is 1. The Bertz CT molecular complexity index is 422. The molecule has 18 heavy (non-hydrogen) atoms. The van der Waals surface area contributed by atoms with E-state index in [2.05, 4.69) is 11.4 Å². The second-order valence-electron chi connectivity index (χ2n) is 5.23. The molecule has 98 valence electrons. The van der Waals surface area contributed by atoms with Gasteiger partial charge in [0, 0.05) is 24.7 Å². The molecule has 0 unspecified atom stereocenters. The number of carbonyl (C=O) groups excluding carboxylic acids is 1. The molecule has 1 saturated heterocycles. The maximum absolute atomic E-state index is 12.5. The fourth-order valence-electron chi connectivity index (χ4n) is 2.81. The van der Waals surface area contributed by atoms with Crippen LogP contribution < -0.4 is 5.32 Å². The average Bonchev–Trinajstić information content (AvgIpc) is 2.75. The number of likely N-dealkylation sites (N-methyl/N-ethyl adjacent to an activating group) is 1. The quantitative estimate of drug-likeness (QED) is 0.886. The van der Waals surface area contributed by atoms with Crippen LogP contribution >= 0.6 is 0 Å². The molecule has 1 aromatic rings. The molecule has 1 heterocycles. The van der Waals surface area contributed by atoms with E-state index in [4.69, 9.17) is 0 Å². The van der Waals surface area contributed by atoms with Gasteiger partial charge < -0.3 is 10.2 Å². The zero-order valence-electron chi connectivity index (χ0n) is 11.5. The fraction of sp³-hybridized carbons (Fsp3) is 0.533. The highest BCUT2D eigenvalue weighted by atomic mass is 16.2. The van der Waals surface area contributed by atoms with Crippen LogP contribution in [-0.2, 0) is 0 Å². The minimum Gasteiger partial charge on any atom is -0.334 e. The van der Waals surface area contributed by atoms with Gasteiger partial charge in [0.05, 0.1) is 0 Å². The normalized spacial score (nSPS) is 19.3. The van der Waals surface area contributed by atoms with Crippen LogP contribution in [0.2, 0.25) is 0 Å². The molecule has 0 aliphatic carbocycles. The average molecular weight is 246 g/mol. The van der Waals surface area contributed by atoms with E-state index in [-0.39, 0.29) is 5.91 Å². The van der Waals surface area contributed by atoms with Gasteiger partial charge in [-0.25, -0.2) is 0 Å². The molecule has 0 saturated carbocycles. The van der Waals surface area contributed by atoms with Crippen molar-refractivity contribution in [2.45, 2.75) is 32.7 Å². The molecule has 1 atom stereocenters. The monoisotopic (exact) mass is 246 g/mol. The van der Waals surface area contributed by atoms with Crippen LogP contribution in [0.3, 0.4) is 0 Å². The van der Waals surface area contributed by atoms with Crippen molar-refractivity contribution < 1.29 is 4.79 Å². The van der Waals surface area contributed by atoms with Crippen molar-refractivity contribution in [1.29, 1.82) is 0 Å². The van der Waals surface area contributed by atoms with E-state index in [0.29, 0.717) is 6.04 Å². The summed E-state index contributed by atoms with van der Waals surface area (Å²) in [6.45, 7) is 5.85. The van der Waals surface area contributed by atoms with Crippen molar-refractivity contribution in [1.82, 2.24) is 10.2 Å². The van der Waals surface area contributed by atoms with E-state index in [1.54, 1.807) is 0 Å². The third-order valence-electron chi connectivity index (χ3n) is 3.55. The topological polar surface area (TPSA) is 32.3 Å². The summed E-state index contributed by atoms with van der Waals surface area (Å²) >= 11 is 0. The molecular formula is C15H22N2O. The lowest BCUT2D eigenvalue weighted by Crippen LogP contribution is -2.40. The molecule has 1 aromatic carbocycles. The van der Waals surface area contributed by atoms with Gasteiger partial charge in [-0.15, -0.1) is 0 Å². The summed E-state index contributed by atoms with van der Waals surface area (Å²) < 4.78 is 0. The van der Waals surface area contributed by atoms with Gasteiger partial charge in [-0.3, -0.25) is 4.79 Å². The van der Waals surface area contributed by atoms with Gasteiger partial charge in [0.2, 0.25) is 0 Å². The highest BCUT2D eigenvalue weighted by Crippen LogP contribution is 2.20. The van der Waals surface area contributed by atoms with Gasteiger partial charge in [0.15, 0.2) is 0 Å². The molecule has 0 spiro atoms. The van der Waals surface area contributed by atoms with Crippen molar-refractivity contribution in [3.8, 4) is 0 Å². The first-order chi connectivity index (χ1) is 8.61. The lowest BCUT2D eigenvalue weighted by molar-refractivity contribution is 0.0737. The number of benzene rings is 1. The van der Waals surface area contributed by atoms with Gasteiger partial charge in [0.1, 0.15) is 0 Å². The van der Waals surface area contributed by atoms with Crippen molar-refractivity contribution in [2.24, 2.45) is 0 Å². The summed E-state index contributed by atoms with van der Waals surface area (Å²) in [7, 11) is 1.94. The standard InChI is InChI=1S/C15H22N2O/c1-11-7-12(2)9-13(8-11)15(18)17-6-4-5-14(17)10-16-3/h7-9,14,16H,4-6,10H2,1-3H3/t14-/m1/s1. The first kappa shape index (κ1) is 13.1. The van der Waals surface area contributed by atoms with E-state index in [1.807, 2.05) is 37.9 Å². The maximum atomic E-state index is 12.5. The Hall–Kier alpha value is -1.35. The fourth-order valence-corrected chi connectivity index (χ4v) is 2.81. The lowest BCUT2D eigenvalue weighted by Gasteiger charge is -2.25. The Morgan fingerprint density at radius 2 is 2.00 bits per heavy atom. The number of nitrogens with zero attached hydrogens (tertiary/aromatic N) is 1. The van der Waals surface area contributed by atoms with Crippen LogP contribution in [0.4, 0.5) is 0 Å². The summed E-state index contributed by atoms with van der Waals surface area (Å²) in [6, 6.07) is 6.43. The highest BCUT2D eigenvalue weighted by Gasteiger charge is 2.28. The molecule has 1 aliphatic rings. The third-order valence-corrected chi connectivity index (χ3v) is 3.55. The van der Waals surface area contributed by atoms with Crippen molar-refractivity contribution in [2.75, 3.05) is 20.1 Å². The number of amides is 1. The van der Waals surface area contributed by atoms with Crippen LogP contribution in [0.5, 0.6) is 0 Å². The first-order valence-corrected chi connectivity index (χ1v) is 6.65. The van der Waals surface area contributed by atoms with Crippen LogP contribution in [0.1, 0.15) is 34.3 Å². The SMILES string of the molecule is CNC[C@H]1CCCN1C(=O)c1cc(C)cc(C)c1. The van der Waals surface area contributed by atoms with Crippen LogP contribution in [0, 0.1) is 13.8 Å². The number of aryl methyl sites for hydroxylation is 2. The first-order valence-electron chi connectivity index (χ1n) is 6.65. The second-order valence-corrected chi connectivity index (χ2v) is 5.23. The van der Waals surface area contributed by atoms with Gasteiger partial charge in [0.25, 0.3) is 5.91 Å². The van der Waals surface area contributed by atoms with Crippen LogP contribution in [-0.4, -0.2) is 37.0 Å². The minimum absolute atomic E-state index is 0.180. The molecule has 2 rings (SSSR count). The van der Waals surface area contributed by atoms with Gasteiger partial charge in [-0.05, 0) is 45.9 Å². The summed E-state index contributed by atoms with van der Waals surface area (Å²) in [5.41, 5.74) is 3.14. The van der Waals surface area contributed by atoms with E-state index in [9.17, 15) is 4.79 Å². The molecule has 0 aromatic heterocycles. The predicted octanol–water partition coefficient (Wildman–Crippen LogP) is 2.13. The predicted molar refractivity (Wildman–Crippen MR) is 73.9 cm³/mol. The van der Waals surface area contributed by atoms with Gasteiger partial charge in [-0.1, -0.05) is 17.2 Å². The van der Waals surface area contributed by atoms with Crippen molar-refractivity contribution in [3.05, 3.63) is 34.9 Å². The van der Waals surface area contributed by atoms with E-state index >= 15 is 0 Å².